The first-order valence-electron chi connectivity index (χ1n) is 4.61. The van der Waals surface area contributed by atoms with Crippen LogP contribution in [0, 0.1) is 5.92 Å². The Morgan fingerprint density at radius 3 is 2.50 bits per heavy atom. The molecule has 2 atom stereocenters. The molecule has 76 valence electrons. The Bertz CT molecular complexity index is 296. The van der Waals surface area contributed by atoms with Gasteiger partial charge in [0.15, 0.2) is 0 Å². The summed E-state index contributed by atoms with van der Waals surface area (Å²) in [6.45, 7) is 5.59. The lowest BCUT2D eigenvalue weighted by Gasteiger charge is -2.30. The van der Waals surface area contributed by atoms with Crippen molar-refractivity contribution in [3.05, 3.63) is 48.6 Å². The minimum Gasteiger partial charge on any atom is -0.383 e. The van der Waals surface area contributed by atoms with Gasteiger partial charge in [0.2, 0.25) is 0 Å². The SMILES string of the molecule is C=CC(C)C(O)(CCl)c1ccccc1. The van der Waals surface area contributed by atoms with E-state index in [0.717, 1.165) is 5.56 Å². The third-order valence-corrected chi connectivity index (χ3v) is 2.99. The standard InChI is InChI=1S/C12H15ClO/c1-3-10(2)12(14,9-13)11-7-5-4-6-8-11/h3-8,10,14H,1,9H2,2H3. The van der Waals surface area contributed by atoms with Gasteiger partial charge in [0.25, 0.3) is 0 Å². The normalized spacial score (nSPS) is 17.1. The maximum Gasteiger partial charge on any atom is 0.109 e. The molecule has 0 spiro atoms. The van der Waals surface area contributed by atoms with Gasteiger partial charge in [-0.05, 0) is 5.56 Å². The number of hydrogen-bond donors (Lipinski definition) is 1. The predicted octanol–water partition coefficient (Wildman–Crippen LogP) is 2.94. The van der Waals surface area contributed by atoms with Gasteiger partial charge in [-0.3, -0.25) is 0 Å². The van der Waals surface area contributed by atoms with Crippen LogP contribution in [0.1, 0.15) is 12.5 Å². The highest BCUT2D eigenvalue weighted by molar-refractivity contribution is 6.18. The van der Waals surface area contributed by atoms with Crippen molar-refractivity contribution in [1.29, 1.82) is 0 Å². The second kappa shape index (κ2) is 4.63. The van der Waals surface area contributed by atoms with E-state index in [1.807, 2.05) is 37.3 Å². The molecule has 0 bridgehead atoms. The van der Waals surface area contributed by atoms with Gasteiger partial charge in [-0.15, -0.1) is 18.2 Å². The summed E-state index contributed by atoms with van der Waals surface area (Å²) in [6.07, 6.45) is 1.72. The predicted molar refractivity (Wildman–Crippen MR) is 60.4 cm³/mol. The zero-order valence-corrected chi connectivity index (χ0v) is 9.04. The van der Waals surface area contributed by atoms with Crippen LogP contribution in [-0.2, 0) is 5.60 Å². The highest BCUT2D eigenvalue weighted by atomic mass is 35.5. The van der Waals surface area contributed by atoms with Crippen molar-refractivity contribution in [2.24, 2.45) is 5.92 Å². The fraction of sp³-hybridized carbons (Fsp3) is 0.333. The summed E-state index contributed by atoms with van der Waals surface area (Å²) in [5.41, 5.74) is -0.174. The number of benzene rings is 1. The van der Waals surface area contributed by atoms with E-state index in [0.29, 0.717) is 0 Å². The van der Waals surface area contributed by atoms with Crippen molar-refractivity contribution in [3.63, 3.8) is 0 Å². The molecule has 14 heavy (non-hydrogen) atoms. The molecule has 0 radical (unpaired) electrons. The molecule has 2 heteroatoms. The number of alkyl halides is 1. The van der Waals surface area contributed by atoms with Crippen LogP contribution in [0.4, 0.5) is 0 Å². The minimum absolute atomic E-state index is 0.0672. The number of halogens is 1. The van der Waals surface area contributed by atoms with Gasteiger partial charge in [0.05, 0.1) is 5.88 Å². The summed E-state index contributed by atoms with van der Waals surface area (Å²) in [6, 6.07) is 9.45. The Morgan fingerprint density at radius 1 is 1.50 bits per heavy atom. The molecule has 0 aliphatic carbocycles. The van der Waals surface area contributed by atoms with Crippen LogP contribution >= 0.6 is 11.6 Å². The van der Waals surface area contributed by atoms with E-state index in [9.17, 15) is 5.11 Å². The Labute approximate surface area is 90.0 Å². The average Bonchev–Trinajstić information content (AvgIpc) is 2.28. The Hall–Kier alpha value is -0.790. The van der Waals surface area contributed by atoms with Crippen LogP contribution < -0.4 is 0 Å². The third kappa shape index (κ3) is 1.99. The average molecular weight is 211 g/mol. The van der Waals surface area contributed by atoms with E-state index in [-0.39, 0.29) is 11.8 Å². The van der Waals surface area contributed by atoms with Gasteiger partial charge in [-0.25, -0.2) is 0 Å². The van der Waals surface area contributed by atoms with Crippen molar-refractivity contribution in [1.82, 2.24) is 0 Å². The molecule has 2 unspecified atom stereocenters. The maximum absolute atomic E-state index is 10.4. The van der Waals surface area contributed by atoms with Crippen LogP contribution in [-0.4, -0.2) is 11.0 Å². The zero-order chi connectivity index (χ0) is 10.6. The van der Waals surface area contributed by atoms with Crippen molar-refractivity contribution in [2.75, 3.05) is 5.88 Å². The number of hydrogen-bond acceptors (Lipinski definition) is 1. The molecule has 0 saturated carbocycles. The summed E-state index contributed by atoms with van der Waals surface area (Å²) in [4.78, 5) is 0. The van der Waals surface area contributed by atoms with Gasteiger partial charge in [-0.1, -0.05) is 43.3 Å². The molecule has 1 rings (SSSR count). The van der Waals surface area contributed by atoms with Gasteiger partial charge in [0, 0.05) is 5.92 Å². The van der Waals surface area contributed by atoms with E-state index in [1.54, 1.807) is 6.08 Å². The second-order valence-electron chi connectivity index (χ2n) is 3.45. The van der Waals surface area contributed by atoms with Gasteiger partial charge in [-0.2, -0.15) is 0 Å². The largest absolute Gasteiger partial charge is 0.383 e. The second-order valence-corrected chi connectivity index (χ2v) is 3.72. The van der Waals surface area contributed by atoms with E-state index >= 15 is 0 Å². The van der Waals surface area contributed by atoms with Gasteiger partial charge in [0.1, 0.15) is 5.60 Å². The molecule has 0 aliphatic rings. The smallest absolute Gasteiger partial charge is 0.109 e. The first-order chi connectivity index (χ1) is 6.65. The topological polar surface area (TPSA) is 20.2 Å². The molecule has 0 aliphatic heterocycles. The van der Waals surface area contributed by atoms with E-state index in [1.165, 1.54) is 0 Å². The first-order valence-corrected chi connectivity index (χ1v) is 5.15. The third-order valence-electron chi connectivity index (χ3n) is 2.58. The van der Waals surface area contributed by atoms with Gasteiger partial charge >= 0.3 is 0 Å². The monoisotopic (exact) mass is 210 g/mol. The molecule has 0 aromatic heterocycles. The Balaban J connectivity index is 3.07. The summed E-state index contributed by atoms with van der Waals surface area (Å²) in [7, 11) is 0. The van der Waals surface area contributed by atoms with Crippen molar-refractivity contribution < 1.29 is 5.11 Å². The molecule has 1 N–H and O–H groups in total. The molecule has 0 heterocycles. The van der Waals surface area contributed by atoms with E-state index < -0.39 is 5.60 Å². The molecule has 1 nitrogen and oxygen atoms in total. The summed E-state index contributed by atoms with van der Waals surface area (Å²) in [5, 5.41) is 10.4. The Morgan fingerprint density at radius 2 is 2.07 bits per heavy atom. The van der Waals surface area contributed by atoms with Crippen molar-refractivity contribution in [2.45, 2.75) is 12.5 Å². The van der Waals surface area contributed by atoms with Crippen molar-refractivity contribution in [3.8, 4) is 0 Å². The lowest BCUT2D eigenvalue weighted by atomic mass is 9.84. The quantitative estimate of drug-likeness (QED) is 0.599. The maximum atomic E-state index is 10.4. The minimum atomic E-state index is -1.01. The highest BCUT2D eigenvalue weighted by Gasteiger charge is 2.32. The summed E-state index contributed by atoms with van der Waals surface area (Å²) >= 11 is 5.82. The highest BCUT2D eigenvalue weighted by Crippen LogP contribution is 2.31. The van der Waals surface area contributed by atoms with Crippen LogP contribution in [0.3, 0.4) is 0 Å². The van der Waals surface area contributed by atoms with Crippen molar-refractivity contribution >= 4 is 11.6 Å². The van der Waals surface area contributed by atoms with Crippen LogP contribution in [0.2, 0.25) is 0 Å². The molecule has 1 aromatic carbocycles. The van der Waals surface area contributed by atoms with Crippen LogP contribution in [0.5, 0.6) is 0 Å². The summed E-state index contributed by atoms with van der Waals surface area (Å²) < 4.78 is 0. The molecule has 1 aromatic rings. The van der Waals surface area contributed by atoms with Crippen LogP contribution in [0.15, 0.2) is 43.0 Å². The first kappa shape index (κ1) is 11.3. The lowest BCUT2D eigenvalue weighted by molar-refractivity contribution is 0.0243. The number of rotatable bonds is 4. The molecule has 0 amide bonds. The Kier molecular flexibility index (Phi) is 3.73. The van der Waals surface area contributed by atoms with E-state index in [4.69, 9.17) is 11.6 Å². The molecular weight excluding hydrogens is 196 g/mol. The van der Waals surface area contributed by atoms with Gasteiger partial charge < -0.3 is 5.11 Å². The van der Waals surface area contributed by atoms with E-state index in [2.05, 4.69) is 6.58 Å². The lowest BCUT2D eigenvalue weighted by Crippen LogP contribution is -2.34. The molecular formula is C12H15ClO. The number of aliphatic hydroxyl groups is 1. The summed E-state index contributed by atoms with van der Waals surface area (Å²) in [5.74, 6) is 0.104. The zero-order valence-electron chi connectivity index (χ0n) is 8.28. The van der Waals surface area contributed by atoms with Crippen LogP contribution in [0.25, 0.3) is 0 Å². The fourth-order valence-corrected chi connectivity index (χ4v) is 1.78. The fourth-order valence-electron chi connectivity index (χ4n) is 1.38. The molecule has 0 saturated heterocycles. The molecule has 0 fully saturated rings.